The fourth-order valence-corrected chi connectivity index (χ4v) is 1.62. The number of ether oxygens (including phenoxy) is 2. The van der Waals surface area contributed by atoms with Crippen LogP contribution in [-0.2, 0) is 9.53 Å². The maximum Gasteiger partial charge on any atom is 0.327 e. The zero-order valence-electron chi connectivity index (χ0n) is 9.60. The Morgan fingerprint density at radius 3 is 2.35 bits per heavy atom. The lowest BCUT2D eigenvalue weighted by Gasteiger charge is -2.08. The van der Waals surface area contributed by atoms with E-state index in [0.29, 0.717) is 11.3 Å². The van der Waals surface area contributed by atoms with E-state index in [9.17, 15) is 9.59 Å². The summed E-state index contributed by atoms with van der Waals surface area (Å²) in [5.41, 5.74) is 0.431. The summed E-state index contributed by atoms with van der Waals surface area (Å²) in [5, 5.41) is 0. The Labute approximate surface area is 108 Å². The van der Waals surface area contributed by atoms with Gasteiger partial charge in [0.2, 0.25) is 0 Å². The van der Waals surface area contributed by atoms with Gasteiger partial charge in [-0.1, -0.05) is 15.9 Å². The summed E-state index contributed by atoms with van der Waals surface area (Å²) in [4.78, 5) is 22.3. The predicted octanol–water partition coefficient (Wildman–Crippen LogP) is 2.20. The molecule has 0 heterocycles. The molecule has 0 aliphatic rings. The van der Waals surface area contributed by atoms with E-state index in [2.05, 4.69) is 15.9 Å². The van der Waals surface area contributed by atoms with Gasteiger partial charge in [0.25, 0.3) is 0 Å². The first-order chi connectivity index (χ1) is 8.10. The highest BCUT2D eigenvalue weighted by Gasteiger charge is 2.25. The molecule has 1 rings (SSSR count). The molecule has 0 spiro atoms. The van der Waals surface area contributed by atoms with Crippen molar-refractivity contribution in [3.63, 3.8) is 0 Å². The first-order valence-electron chi connectivity index (χ1n) is 5.09. The number of Topliss-reactive ketones (excluding diaryl/α,β-unsaturated/α-hetero) is 1. The minimum absolute atomic E-state index is 0.247. The van der Waals surface area contributed by atoms with Gasteiger partial charge in [0.05, 0.1) is 13.7 Å². The average molecular weight is 301 g/mol. The number of rotatable bonds is 5. The average Bonchev–Trinajstić information content (AvgIpc) is 2.37. The Kier molecular flexibility index (Phi) is 5.15. The Morgan fingerprint density at radius 1 is 1.29 bits per heavy atom. The number of alkyl halides is 1. The van der Waals surface area contributed by atoms with Gasteiger partial charge in [-0.25, -0.2) is 0 Å². The Bertz CT molecular complexity index is 399. The molecule has 0 saturated carbocycles. The summed E-state index contributed by atoms with van der Waals surface area (Å²) in [5.74, 6) is -0.247. The van der Waals surface area contributed by atoms with Gasteiger partial charge < -0.3 is 9.47 Å². The van der Waals surface area contributed by atoms with E-state index < -0.39 is 10.8 Å². The highest BCUT2D eigenvalue weighted by atomic mass is 79.9. The number of carbonyl (C=O) groups excluding carboxylic acids is 2. The smallest absolute Gasteiger partial charge is 0.327 e. The molecular formula is C12H13BrO4. The first-order valence-corrected chi connectivity index (χ1v) is 6.00. The van der Waals surface area contributed by atoms with Crippen molar-refractivity contribution in [2.75, 3.05) is 13.7 Å². The van der Waals surface area contributed by atoms with Crippen LogP contribution in [0.1, 0.15) is 17.3 Å². The highest BCUT2D eigenvalue weighted by molar-refractivity contribution is 9.10. The fraction of sp³-hybridized carbons (Fsp3) is 0.333. The Balaban J connectivity index is 2.77. The van der Waals surface area contributed by atoms with Gasteiger partial charge in [-0.2, -0.15) is 0 Å². The molecule has 0 saturated heterocycles. The molecule has 92 valence electrons. The van der Waals surface area contributed by atoms with E-state index in [1.54, 1.807) is 38.3 Å². The number of carbonyl (C=O) groups is 2. The zero-order chi connectivity index (χ0) is 12.8. The largest absolute Gasteiger partial charge is 0.497 e. The Morgan fingerprint density at radius 2 is 1.88 bits per heavy atom. The second kappa shape index (κ2) is 6.39. The summed E-state index contributed by atoms with van der Waals surface area (Å²) in [6.07, 6.45) is 0. The van der Waals surface area contributed by atoms with Gasteiger partial charge in [-0.05, 0) is 31.2 Å². The molecule has 1 atom stereocenters. The van der Waals surface area contributed by atoms with Crippen LogP contribution in [0.25, 0.3) is 0 Å². The number of esters is 1. The van der Waals surface area contributed by atoms with E-state index in [1.807, 2.05) is 0 Å². The fourth-order valence-electron chi connectivity index (χ4n) is 1.22. The number of benzene rings is 1. The van der Waals surface area contributed by atoms with E-state index >= 15 is 0 Å². The number of methoxy groups -OCH3 is 1. The van der Waals surface area contributed by atoms with Crippen molar-refractivity contribution >= 4 is 27.7 Å². The molecule has 0 aliphatic heterocycles. The molecule has 1 aromatic rings. The summed E-state index contributed by atoms with van der Waals surface area (Å²) in [6, 6.07) is 6.54. The number of ketones is 1. The molecule has 4 nitrogen and oxygen atoms in total. The minimum Gasteiger partial charge on any atom is -0.497 e. The molecule has 0 amide bonds. The first kappa shape index (κ1) is 13.7. The minimum atomic E-state index is -0.962. The topological polar surface area (TPSA) is 52.6 Å². The van der Waals surface area contributed by atoms with Crippen LogP contribution in [0.3, 0.4) is 0 Å². The van der Waals surface area contributed by atoms with Crippen molar-refractivity contribution < 1.29 is 19.1 Å². The van der Waals surface area contributed by atoms with Crippen LogP contribution >= 0.6 is 15.9 Å². The molecule has 0 N–H and O–H groups in total. The molecule has 0 fully saturated rings. The van der Waals surface area contributed by atoms with Crippen LogP contribution in [-0.4, -0.2) is 30.3 Å². The quantitative estimate of drug-likeness (QED) is 0.362. The molecule has 0 aliphatic carbocycles. The van der Waals surface area contributed by atoms with Crippen molar-refractivity contribution in [1.29, 1.82) is 0 Å². The molecule has 17 heavy (non-hydrogen) atoms. The van der Waals surface area contributed by atoms with Crippen LogP contribution in [0.15, 0.2) is 24.3 Å². The lowest BCUT2D eigenvalue weighted by atomic mass is 10.1. The standard InChI is InChI=1S/C12H13BrO4/c1-3-17-12(15)10(13)11(14)8-4-6-9(16-2)7-5-8/h4-7,10H,3H2,1-2H3. The predicted molar refractivity (Wildman–Crippen MR) is 66.7 cm³/mol. The highest BCUT2D eigenvalue weighted by Crippen LogP contribution is 2.16. The van der Waals surface area contributed by atoms with Crippen molar-refractivity contribution in [3.8, 4) is 5.75 Å². The van der Waals surface area contributed by atoms with Gasteiger partial charge in [0, 0.05) is 5.56 Å². The van der Waals surface area contributed by atoms with Crippen molar-refractivity contribution in [1.82, 2.24) is 0 Å². The molecular weight excluding hydrogens is 288 g/mol. The van der Waals surface area contributed by atoms with Crippen LogP contribution in [0, 0.1) is 0 Å². The molecule has 1 unspecified atom stereocenters. The van der Waals surface area contributed by atoms with Crippen molar-refractivity contribution in [3.05, 3.63) is 29.8 Å². The lowest BCUT2D eigenvalue weighted by molar-refractivity contribution is -0.141. The van der Waals surface area contributed by atoms with Crippen LogP contribution in [0.4, 0.5) is 0 Å². The van der Waals surface area contributed by atoms with Gasteiger partial charge in [-0.3, -0.25) is 9.59 Å². The summed E-state index contributed by atoms with van der Waals surface area (Å²) in [7, 11) is 1.54. The van der Waals surface area contributed by atoms with E-state index in [-0.39, 0.29) is 12.4 Å². The lowest BCUT2D eigenvalue weighted by Crippen LogP contribution is -2.26. The third kappa shape index (κ3) is 3.56. The van der Waals surface area contributed by atoms with Crippen molar-refractivity contribution in [2.24, 2.45) is 0 Å². The normalized spacial score (nSPS) is 11.7. The number of hydrogen-bond acceptors (Lipinski definition) is 4. The second-order valence-corrected chi connectivity index (χ2v) is 4.12. The zero-order valence-corrected chi connectivity index (χ0v) is 11.2. The molecule has 5 heteroatoms. The third-order valence-corrected chi connectivity index (χ3v) is 2.89. The second-order valence-electron chi connectivity index (χ2n) is 3.21. The van der Waals surface area contributed by atoms with E-state index in [1.165, 1.54) is 0 Å². The molecule has 0 radical (unpaired) electrons. The molecule has 1 aromatic carbocycles. The summed E-state index contributed by atoms with van der Waals surface area (Å²) < 4.78 is 9.74. The van der Waals surface area contributed by atoms with Gasteiger partial charge in [-0.15, -0.1) is 0 Å². The SMILES string of the molecule is CCOC(=O)C(Br)C(=O)c1ccc(OC)cc1. The third-order valence-electron chi connectivity index (χ3n) is 2.10. The maximum atomic E-state index is 11.9. The van der Waals surface area contributed by atoms with Gasteiger partial charge in [0.1, 0.15) is 5.75 Å². The summed E-state index contributed by atoms with van der Waals surface area (Å²) in [6.45, 7) is 1.94. The van der Waals surface area contributed by atoms with Crippen LogP contribution in [0.2, 0.25) is 0 Å². The van der Waals surface area contributed by atoms with Gasteiger partial charge in [0.15, 0.2) is 10.6 Å². The molecule has 0 aromatic heterocycles. The molecule has 0 bridgehead atoms. The number of halogens is 1. The van der Waals surface area contributed by atoms with Gasteiger partial charge >= 0.3 is 5.97 Å². The van der Waals surface area contributed by atoms with Crippen molar-refractivity contribution in [2.45, 2.75) is 11.8 Å². The van der Waals surface area contributed by atoms with Crippen LogP contribution < -0.4 is 4.74 Å². The van der Waals surface area contributed by atoms with E-state index in [4.69, 9.17) is 9.47 Å². The van der Waals surface area contributed by atoms with Crippen LogP contribution in [0.5, 0.6) is 5.75 Å². The van der Waals surface area contributed by atoms with E-state index in [0.717, 1.165) is 0 Å². The number of hydrogen-bond donors (Lipinski definition) is 0. The monoisotopic (exact) mass is 300 g/mol. The maximum absolute atomic E-state index is 11.9. The Hall–Kier alpha value is -1.36. The summed E-state index contributed by atoms with van der Waals surface area (Å²) >= 11 is 3.03.